The summed E-state index contributed by atoms with van der Waals surface area (Å²) in [5.41, 5.74) is 3.18. The number of rotatable bonds is 6. The van der Waals surface area contributed by atoms with E-state index in [1.807, 2.05) is 24.3 Å². The number of nitrogens with one attached hydrogen (secondary N) is 1. The van der Waals surface area contributed by atoms with Crippen LogP contribution in [0.5, 0.6) is 0 Å². The molecule has 0 atom stereocenters. The van der Waals surface area contributed by atoms with Crippen LogP contribution in [0.1, 0.15) is 31.7 Å². The van der Waals surface area contributed by atoms with E-state index < -0.39 is 0 Å². The molecule has 4 nitrogen and oxygen atoms in total. The van der Waals surface area contributed by atoms with Crippen LogP contribution < -0.4 is 10.2 Å². The molecule has 1 amide bonds. The van der Waals surface area contributed by atoms with E-state index in [9.17, 15) is 9.18 Å². The molecule has 0 radical (unpaired) electrons. The number of benzene rings is 2. The van der Waals surface area contributed by atoms with Crippen molar-refractivity contribution in [3.8, 4) is 0 Å². The molecule has 1 aliphatic rings. The Morgan fingerprint density at radius 1 is 1.00 bits per heavy atom. The molecule has 0 unspecified atom stereocenters. The zero-order chi connectivity index (χ0) is 19.2. The first-order valence-corrected chi connectivity index (χ1v) is 9.64. The maximum atomic E-state index is 13.0. The second-order valence-corrected chi connectivity index (χ2v) is 7.38. The molecule has 1 aliphatic heterocycles. The third-order valence-corrected chi connectivity index (χ3v) is 5.08. The number of piperazine rings is 1. The van der Waals surface area contributed by atoms with E-state index in [0.717, 1.165) is 44.1 Å². The molecule has 1 saturated heterocycles. The van der Waals surface area contributed by atoms with Crippen LogP contribution in [0.3, 0.4) is 0 Å². The van der Waals surface area contributed by atoms with Crippen LogP contribution >= 0.6 is 0 Å². The van der Waals surface area contributed by atoms with Crippen LogP contribution in [-0.4, -0.2) is 43.5 Å². The van der Waals surface area contributed by atoms with E-state index in [1.165, 1.54) is 17.7 Å². The summed E-state index contributed by atoms with van der Waals surface area (Å²) >= 11 is 0. The predicted molar refractivity (Wildman–Crippen MR) is 109 cm³/mol. The van der Waals surface area contributed by atoms with Gasteiger partial charge in [0.1, 0.15) is 5.82 Å². The van der Waals surface area contributed by atoms with Gasteiger partial charge in [0.05, 0.1) is 0 Å². The second-order valence-electron chi connectivity index (χ2n) is 7.38. The van der Waals surface area contributed by atoms with Gasteiger partial charge in [0.2, 0.25) is 5.91 Å². The van der Waals surface area contributed by atoms with Gasteiger partial charge in [-0.1, -0.05) is 26.0 Å². The van der Waals surface area contributed by atoms with Crippen LogP contribution in [0.4, 0.5) is 15.8 Å². The maximum Gasteiger partial charge on any atom is 0.225 e. The van der Waals surface area contributed by atoms with Crippen molar-refractivity contribution in [2.45, 2.75) is 26.2 Å². The molecule has 144 valence electrons. The quantitative estimate of drug-likeness (QED) is 0.833. The molecule has 1 heterocycles. The highest BCUT2D eigenvalue weighted by molar-refractivity contribution is 5.90. The Morgan fingerprint density at radius 3 is 2.22 bits per heavy atom. The standard InChI is InChI=1S/C22H28FN3O/c1-17(2)18-3-7-20(8-4-18)24-22(27)11-12-25-13-15-26(16-14-25)21-9-5-19(23)6-10-21/h3-10,17H,11-16H2,1-2H3,(H,24,27). The van der Waals surface area contributed by atoms with Crippen molar-refractivity contribution in [3.05, 3.63) is 59.9 Å². The number of anilines is 2. The molecule has 0 aromatic heterocycles. The number of carbonyl (C=O) groups excluding carboxylic acids is 1. The molecule has 0 bridgehead atoms. The van der Waals surface area contributed by atoms with Gasteiger partial charge in [-0.05, 0) is 47.9 Å². The van der Waals surface area contributed by atoms with Gasteiger partial charge in [-0.15, -0.1) is 0 Å². The highest BCUT2D eigenvalue weighted by Gasteiger charge is 2.18. The molecule has 5 heteroatoms. The van der Waals surface area contributed by atoms with Crippen molar-refractivity contribution in [2.24, 2.45) is 0 Å². The zero-order valence-electron chi connectivity index (χ0n) is 16.1. The summed E-state index contributed by atoms with van der Waals surface area (Å²) in [5, 5.41) is 2.98. The monoisotopic (exact) mass is 369 g/mol. The average molecular weight is 369 g/mol. The smallest absolute Gasteiger partial charge is 0.225 e. The highest BCUT2D eigenvalue weighted by Crippen LogP contribution is 2.18. The van der Waals surface area contributed by atoms with Crippen molar-refractivity contribution in [3.63, 3.8) is 0 Å². The third kappa shape index (κ3) is 5.54. The lowest BCUT2D eigenvalue weighted by atomic mass is 10.0. The number of hydrogen-bond donors (Lipinski definition) is 1. The summed E-state index contributed by atoms with van der Waals surface area (Å²) in [6, 6.07) is 14.7. The SMILES string of the molecule is CC(C)c1ccc(NC(=O)CCN2CCN(c3ccc(F)cc3)CC2)cc1. The first kappa shape index (κ1) is 19.4. The van der Waals surface area contributed by atoms with Crippen molar-refractivity contribution in [1.82, 2.24) is 4.90 Å². The molecule has 1 fully saturated rings. The summed E-state index contributed by atoms with van der Waals surface area (Å²) in [7, 11) is 0. The molecule has 2 aromatic carbocycles. The lowest BCUT2D eigenvalue weighted by Gasteiger charge is -2.36. The van der Waals surface area contributed by atoms with E-state index in [-0.39, 0.29) is 11.7 Å². The van der Waals surface area contributed by atoms with Crippen molar-refractivity contribution < 1.29 is 9.18 Å². The Kier molecular flexibility index (Phi) is 6.45. The number of amides is 1. The number of carbonyl (C=O) groups is 1. The Balaban J connectivity index is 1.40. The fourth-order valence-electron chi connectivity index (χ4n) is 3.32. The Bertz CT molecular complexity index is 735. The van der Waals surface area contributed by atoms with Gasteiger partial charge in [-0.3, -0.25) is 9.69 Å². The topological polar surface area (TPSA) is 35.6 Å². The van der Waals surface area contributed by atoms with E-state index in [2.05, 4.69) is 41.1 Å². The largest absolute Gasteiger partial charge is 0.369 e. The fourth-order valence-corrected chi connectivity index (χ4v) is 3.32. The van der Waals surface area contributed by atoms with E-state index in [0.29, 0.717) is 12.3 Å². The molecular weight excluding hydrogens is 341 g/mol. The average Bonchev–Trinajstić information content (AvgIpc) is 2.68. The normalized spacial score (nSPS) is 15.2. The molecule has 27 heavy (non-hydrogen) atoms. The summed E-state index contributed by atoms with van der Waals surface area (Å²) in [5.74, 6) is 0.332. The molecule has 2 aromatic rings. The van der Waals surface area contributed by atoms with Gasteiger partial charge in [-0.2, -0.15) is 0 Å². The minimum Gasteiger partial charge on any atom is -0.369 e. The Labute approximate surface area is 161 Å². The number of nitrogens with zero attached hydrogens (tertiary/aromatic N) is 2. The summed E-state index contributed by atoms with van der Waals surface area (Å²) in [6.07, 6.45) is 0.489. The van der Waals surface area contributed by atoms with E-state index in [1.54, 1.807) is 0 Å². The fraction of sp³-hybridized carbons (Fsp3) is 0.409. The Hall–Kier alpha value is -2.40. The first-order valence-electron chi connectivity index (χ1n) is 9.64. The molecule has 1 N–H and O–H groups in total. The van der Waals surface area contributed by atoms with Crippen LogP contribution in [0.25, 0.3) is 0 Å². The maximum absolute atomic E-state index is 13.0. The van der Waals surface area contributed by atoms with Crippen molar-refractivity contribution >= 4 is 17.3 Å². The lowest BCUT2D eigenvalue weighted by molar-refractivity contribution is -0.116. The van der Waals surface area contributed by atoms with Gasteiger partial charge < -0.3 is 10.2 Å². The second kappa shape index (κ2) is 9.00. The van der Waals surface area contributed by atoms with E-state index >= 15 is 0 Å². The predicted octanol–water partition coefficient (Wildman–Crippen LogP) is 4.10. The van der Waals surface area contributed by atoms with Crippen LogP contribution in [0, 0.1) is 5.82 Å². The minimum absolute atomic E-state index is 0.0493. The van der Waals surface area contributed by atoms with Crippen LogP contribution in [0.2, 0.25) is 0 Å². The summed E-state index contributed by atoms with van der Waals surface area (Å²) < 4.78 is 13.0. The third-order valence-electron chi connectivity index (χ3n) is 5.08. The lowest BCUT2D eigenvalue weighted by Crippen LogP contribution is -2.47. The van der Waals surface area contributed by atoms with Crippen molar-refractivity contribution in [2.75, 3.05) is 42.9 Å². The molecular formula is C22H28FN3O. The van der Waals surface area contributed by atoms with Crippen molar-refractivity contribution in [1.29, 1.82) is 0 Å². The van der Waals surface area contributed by atoms with Gasteiger partial charge in [0.25, 0.3) is 0 Å². The minimum atomic E-state index is -0.206. The van der Waals surface area contributed by atoms with E-state index in [4.69, 9.17) is 0 Å². The molecule has 0 aliphatic carbocycles. The number of hydrogen-bond acceptors (Lipinski definition) is 3. The van der Waals surface area contributed by atoms with Crippen LogP contribution in [-0.2, 0) is 4.79 Å². The van der Waals surface area contributed by atoms with Gasteiger partial charge in [-0.25, -0.2) is 4.39 Å². The molecule has 3 rings (SSSR count). The van der Waals surface area contributed by atoms with Gasteiger partial charge in [0.15, 0.2) is 0 Å². The number of halogens is 1. The summed E-state index contributed by atoms with van der Waals surface area (Å²) in [4.78, 5) is 16.8. The van der Waals surface area contributed by atoms with Gasteiger partial charge in [0, 0.05) is 50.5 Å². The highest BCUT2D eigenvalue weighted by atomic mass is 19.1. The zero-order valence-corrected chi connectivity index (χ0v) is 16.1. The van der Waals surface area contributed by atoms with Crippen LogP contribution in [0.15, 0.2) is 48.5 Å². The van der Waals surface area contributed by atoms with Gasteiger partial charge >= 0.3 is 0 Å². The molecule has 0 spiro atoms. The Morgan fingerprint density at radius 2 is 1.63 bits per heavy atom. The first-order chi connectivity index (χ1) is 13.0. The molecule has 0 saturated carbocycles. The summed E-state index contributed by atoms with van der Waals surface area (Å²) in [6.45, 7) is 8.68.